The number of aryl methyl sites for hydroxylation is 2. The van der Waals surface area contributed by atoms with Crippen molar-refractivity contribution in [3.63, 3.8) is 0 Å². The van der Waals surface area contributed by atoms with Gasteiger partial charge in [0.2, 0.25) is 0 Å². The van der Waals surface area contributed by atoms with E-state index >= 15 is 0 Å². The molecule has 0 saturated heterocycles. The molecule has 5 nitrogen and oxygen atoms in total. The summed E-state index contributed by atoms with van der Waals surface area (Å²) in [6.07, 6.45) is 1.71. The minimum atomic E-state index is -0.153. The number of benzene rings is 1. The average Bonchev–Trinajstić information content (AvgIpc) is 2.84. The minimum Gasteiger partial charge on any atom is -0.489 e. The van der Waals surface area contributed by atoms with Gasteiger partial charge in [0.1, 0.15) is 18.1 Å². The Bertz CT molecular complexity index is 680. The largest absolute Gasteiger partial charge is 0.489 e. The predicted octanol–water partition coefficient (Wildman–Crippen LogP) is 2.79. The lowest BCUT2D eigenvalue weighted by Gasteiger charge is -2.08. The van der Waals surface area contributed by atoms with Gasteiger partial charge >= 0.3 is 0 Å². The number of nitrogens with zero attached hydrogens (tertiary/aromatic N) is 2. The van der Waals surface area contributed by atoms with E-state index in [2.05, 4.69) is 10.4 Å². The summed E-state index contributed by atoms with van der Waals surface area (Å²) in [5, 5.41) is 7.04. The number of hydrogen-bond donors (Lipinski definition) is 1. The number of ether oxygens (including phenoxy) is 1. The molecule has 0 aliphatic heterocycles. The van der Waals surface area contributed by atoms with Gasteiger partial charge < -0.3 is 10.1 Å². The summed E-state index contributed by atoms with van der Waals surface area (Å²) in [4.78, 5) is 12.1. The van der Waals surface area contributed by atoms with E-state index in [1.807, 2.05) is 31.2 Å². The molecule has 0 unspecified atom stereocenters. The van der Waals surface area contributed by atoms with Gasteiger partial charge in [-0.15, -0.1) is 0 Å². The molecule has 1 aromatic heterocycles. The van der Waals surface area contributed by atoms with Crippen molar-refractivity contribution >= 4 is 17.5 Å². The van der Waals surface area contributed by atoms with Crippen LogP contribution in [0.1, 0.15) is 21.7 Å². The fourth-order valence-corrected chi connectivity index (χ4v) is 2.09. The third-order valence-corrected chi connectivity index (χ3v) is 3.20. The molecule has 0 atom stereocenters. The number of halogens is 1. The van der Waals surface area contributed by atoms with Crippen LogP contribution < -0.4 is 10.1 Å². The molecule has 0 spiro atoms. The van der Waals surface area contributed by atoms with Gasteiger partial charge in [0.05, 0.1) is 5.69 Å². The Labute approximate surface area is 134 Å². The third-order valence-electron chi connectivity index (χ3n) is 3.02. The number of amides is 1. The van der Waals surface area contributed by atoms with Gasteiger partial charge in [-0.25, -0.2) is 0 Å². The first-order chi connectivity index (χ1) is 10.6. The second-order valence-electron chi connectivity index (χ2n) is 4.80. The third kappa shape index (κ3) is 4.36. The molecule has 2 rings (SSSR count). The van der Waals surface area contributed by atoms with Gasteiger partial charge in [-0.05, 0) is 36.8 Å². The lowest BCUT2D eigenvalue weighted by atomic mass is 10.2. The molecule has 1 N–H and O–H groups in total. The maximum Gasteiger partial charge on any atom is 0.269 e. The molecular weight excluding hydrogens is 302 g/mol. The van der Waals surface area contributed by atoms with E-state index in [0.717, 1.165) is 17.0 Å². The van der Waals surface area contributed by atoms with Gasteiger partial charge in [-0.2, -0.15) is 5.10 Å². The quantitative estimate of drug-likeness (QED) is 0.890. The van der Waals surface area contributed by atoms with Crippen LogP contribution in [-0.4, -0.2) is 22.3 Å². The molecule has 116 valence electrons. The molecule has 1 heterocycles. The van der Waals surface area contributed by atoms with Crippen LogP contribution in [0.4, 0.5) is 0 Å². The van der Waals surface area contributed by atoms with Crippen LogP contribution in [0.2, 0.25) is 0 Å². The smallest absolute Gasteiger partial charge is 0.269 e. The maximum atomic E-state index is 12.1. The Morgan fingerprint density at radius 1 is 1.45 bits per heavy atom. The molecule has 0 bridgehead atoms. The first kappa shape index (κ1) is 16.1. The van der Waals surface area contributed by atoms with Crippen LogP contribution in [-0.2, 0) is 13.6 Å². The average molecular weight is 320 g/mol. The van der Waals surface area contributed by atoms with Gasteiger partial charge in [-0.1, -0.05) is 23.7 Å². The van der Waals surface area contributed by atoms with Gasteiger partial charge in [0.25, 0.3) is 5.91 Å². The van der Waals surface area contributed by atoms with Crippen LogP contribution in [0.15, 0.2) is 41.9 Å². The van der Waals surface area contributed by atoms with E-state index in [0.29, 0.717) is 18.8 Å². The molecule has 22 heavy (non-hydrogen) atoms. The number of nitrogens with one attached hydrogen (secondary N) is 1. The highest BCUT2D eigenvalue weighted by Crippen LogP contribution is 2.13. The molecule has 1 amide bonds. The van der Waals surface area contributed by atoms with Crippen molar-refractivity contribution in [1.29, 1.82) is 0 Å². The topological polar surface area (TPSA) is 56.1 Å². The van der Waals surface area contributed by atoms with E-state index in [9.17, 15) is 4.79 Å². The van der Waals surface area contributed by atoms with Gasteiger partial charge in [-0.3, -0.25) is 9.48 Å². The predicted molar refractivity (Wildman–Crippen MR) is 86.0 cm³/mol. The Morgan fingerprint density at radius 2 is 2.27 bits per heavy atom. The van der Waals surface area contributed by atoms with E-state index in [4.69, 9.17) is 16.3 Å². The SMILES string of the molecule is Cc1cc(C(=O)NCc2cccc(OCC=CCl)c2)n(C)n1. The first-order valence-electron chi connectivity index (χ1n) is 6.86. The van der Waals surface area contributed by atoms with E-state index < -0.39 is 0 Å². The number of carbonyl (C=O) groups is 1. The monoisotopic (exact) mass is 319 g/mol. The van der Waals surface area contributed by atoms with E-state index in [1.165, 1.54) is 5.54 Å². The Hall–Kier alpha value is -2.27. The maximum absolute atomic E-state index is 12.1. The lowest BCUT2D eigenvalue weighted by molar-refractivity contribution is 0.0941. The van der Waals surface area contributed by atoms with Crippen LogP contribution >= 0.6 is 11.6 Å². The molecule has 0 aliphatic carbocycles. The zero-order chi connectivity index (χ0) is 15.9. The second kappa shape index (κ2) is 7.66. The summed E-state index contributed by atoms with van der Waals surface area (Å²) in [7, 11) is 1.75. The summed E-state index contributed by atoms with van der Waals surface area (Å²) < 4.78 is 7.08. The molecule has 6 heteroatoms. The number of carbonyl (C=O) groups excluding carboxylic acids is 1. The van der Waals surface area contributed by atoms with Crippen molar-refractivity contribution in [2.45, 2.75) is 13.5 Å². The Kier molecular flexibility index (Phi) is 5.61. The Morgan fingerprint density at radius 3 is 2.95 bits per heavy atom. The lowest BCUT2D eigenvalue weighted by Crippen LogP contribution is -2.25. The molecule has 0 saturated carbocycles. The normalized spacial score (nSPS) is 10.9. The van der Waals surface area contributed by atoms with Crippen LogP contribution in [0, 0.1) is 6.92 Å². The molecule has 2 aromatic rings. The van der Waals surface area contributed by atoms with Crippen LogP contribution in [0.5, 0.6) is 5.75 Å². The highest BCUT2D eigenvalue weighted by atomic mass is 35.5. The Balaban J connectivity index is 1.95. The number of aromatic nitrogens is 2. The molecule has 0 fully saturated rings. The van der Waals surface area contributed by atoms with E-state index in [1.54, 1.807) is 23.9 Å². The standard InChI is InChI=1S/C16H18ClN3O2/c1-12-9-15(20(2)19-12)16(21)18-11-13-5-3-6-14(10-13)22-8-4-7-17/h3-7,9-10H,8,11H2,1-2H3,(H,18,21). The zero-order valence-corrected chi connectivity index (χ0v) is 13.3. The highest BCUT2D eigenvalue weighted by molar-refractivity contribution is 6.25. The van der Waals surface area contributed by atoms with E-state index in [-0.39, 0.29) is 5.91 Å². The van der Waals surface area contributed by atoms with Crippen molar-refractivity contribution in [2.75, 3.05) is 6.61 Å². The van der Waals surface area contributed by atoms with Crippen LogP contribution in [0.3, 0.4) is 0 Å². The van der Waals surface area contributed by atoms with Crippen LogP contribution in [0.25, 0.3) is 0 Å². The summed E-state index contributed by atoms with van der Waals surface area (Å²) >= 11 is 5.44. The second-order valence-corrected chi connectivity index (χ2v) is 5.05. The van der Waals surface area contributed by atoms with Gasteiger partial charge in [0, 0.05) is 19.1 Å². The fraction of sp³-hybridized carbons (Fsp3) is 0.250. The zero-order valence-electron chi connectivity index (χ0n) is 12.5. The highest BCUT2D eigenvalue weighted by Gasteiger charge is 2.11. The first-order valence-corrected chi connectivity index (χ1v) is 7.29. The molecule has 0 radical (unpaired) electrons. The summed E-state index contributed by atoms with van der Waals surface area (Å²) in [5.74, 6) is 0.581. The molecule has 0 aliphatic rings. The summed E-state index contributed by atoms with van der Waals surface area (Å²) in [6, 6.07) is 9.32. The van der Waals surface area contributed by atoms with Crippen molar-refractivity contribution in [1.82, 2.24) is 15.1 Å². The molecular formula is C16H18ClN3O2. The van der Waals surface area contributed by atoms with Crippen molar-refractivity contribution < 1.29 is 9.53 Å². The van der Waals surface area contributed by atoms with Crippen molar-refractivity contribution in [2.24, 2.45) is 7.05 Å². The summed E-state index contributed by atoms with van der Waals surface area (Å²) in [5.41, 5.74) is 3.73. The molecule has 1 aromatic carbocycles. The number of hydrogen-bond acceptors (Lipinski definition) is 3. The minimum absolute atomic E-state index is 0.153. The summed E-state index contributed by atoms with van der Waals surface area (Å²) in [6.45, 7) is 2.69. The van der Waals surface area contributed by atoms with Crippen molar-refractivity contribution in [3.8, 4) is 5.75 Å². The number of rotatable bonds is 6. The van der Waals surface area contributed by atoms with Gasteiger partial charge in [0.15, 0.2) is 0 Å². The fourth-order valence-electron chi connectivity index (χ4n) is 2.02. The van der Waals surface area contributed by atoms with Crippen molar-refractivity contribution in [3.05, 3.63) is 58.9 Å².